The van der Waals surface area contributed by atoms with Crippen molar-refractivity contribution in [2.75, 3.05) is 6.61 Å². The quantitative estimate of drug-likeness (QED) is 0.716. The molecule has 0 radical (unpaired) electrons. The maximum atomic E-state index is 12.0. The minimum Gasteiger partial charge on any atom is -0.481 e. The Bertz CT molecular complexity index is 374. The Morgan fingerprint density at radius 2 is 2.11 bits per heavy atom. The van der Waals surface area contributed by atoms with Crippen molar-refractivity contribution in [2.24, 2.45) is 5.92 Å². The van der Waals surface area contributed by atoms with Gasteiger partial charge >= 0.3 is 12.0 Å². The molecule has 4 atom stereocenters. The molecule has 0 aromatic heterocycles. The van der Waals surface area contributed by atoms with Gasteiger partial charge in [-0.05, 0) is 39.5 Å². The lowest BCUT2D eigenvalue weighted by Gasteiger charge is -2.29. The van der Waals surface area contributed by atoms with E-state index in [2.05, 4.69) is 10.6 Å². The van der Waals surface area contributed by atoms with Crippen LogP contribution in [0.3, 0.4) is 0 Å². The molecule has 0 aromatic rings. The number of rotatable bonds is 3. The van der Waals surface area contributed by atoms with Gasteiger partial charge in [0.05, 0.1) is 17.6 Å². The molecular formula is C13H22N2O4. The van der Waals surface area contributed by atoms with Gasteiger partial charge in [-0.25, -0.2) is 4.79 Å². The molecule has 1 saturated carbocycles. The summed E-state index contributed by atoms with van der Waals surface area (Å²) in [5.41, 5.74) is -0.338. The Morgan fingerprint density at radius 1 is 1.37 bits per heavy atom. The first kappa shape index (κ1) is 14.1. The standard InChI is InChI=1S/C13H22N2O4/c1-8-13(2,5-6-19-8)15-12(18)14-10-4-3-9(7-10)11(16)17/h8-10H,3-7H2,1-2H3,(H,16,17)(H2,14,15,18). The van der Waals surface area contributed by atoms with Gasteiger partial charge in [-0.1, -0.05) is 0 Å². The predicted molar refractivity (Wildman–Crippen MR) is 68.9 cm³/mol. The van der Waals surface area contributed by atoms with Crippen molar-refractivity contribution in [1.82, 2.24) is 10.6 Å². The lowest BCUT2D eigenvalue weighted by Crippen LogP contribution is -2.55. The first-order valence-corrected chi connectivity index (χ1v) is 6.84. The Balaban J connectivity index is 1.81. The van der Waals surface area contributed by atoms with E-state index in [4.69, 9.17) is 9.84 Å². The summed E-state index contributed by atoms with van der Waals surface area (Å²) in [6.07, 6.45) is 2.67. The maximum Gasteiger partial charge on any atom is 0.315 e. The summed E-state index contributed by atoms with van der Waals surface area (Å²) >= 11 is 0. The number of nitrogens with one attached hydrogen (secondary N) is 2. The molecule has 19 heavy (non-hydrogen) atoms. The average Bonchev–Trinajstić information content (AvgIpc) is 2.88. The molecule has 2 fully saturated rings. The van der Waals surface area contributed by atoms with Gasteiger partial charge < -0.3 is 20.5 Å². The van der Waals surface area contributed by atoms with Crippen molar-refractivity contribution < 1.29 is 19.4 Å². The molecule has 2 rings (SSSR count). The third kappa shape index (κ3) is 3.18. The number of aliphatic carboxylic acids is 1. The summed E-state index contributed by atoms with van der Waals surface area (Å²) in [7, 11) is 0. The second-order valence-electron chi connectivity index (χ2n) is 5.82. The van der Waals surface area contributed by atoms with Crippen LogP contribution in [0.1, 0.15) is 39.5 Å². The van der Waals surface area contributed by atoms with Crippen molar-refractivity contribution in [2.45, 2.75) is 57.2 Å². The smallest absolute Gasteiger partial charge is 0.315 e. The molecule has 1 aliphatic heterocycles. The van der Waals surface area contributed by atoms with E-state index >= 15 is 0 Å². The number of amides is 2. The van der Waals surface area contributed by atoms with Gasteiger partial charge in [-0.15, -0.1) is 0 Å². The maximum absolute atomic E-state index is 12.0. The zero-order valence-electron chi connectivity index (χ0n) is 11.4. The first-order valence-electron chi connectivity index (χ1n) is 6.84. The highest BCUT2D eigenvalue weighted by molar-refractivity contribution is 5.76. The molecule has 0 aromatic carbocycles. The normalized spacial score (nSPS) is 38.1. The van der Waals surface area contributed by atoms with E-state index in [0.717, 1.165) is 12.8 Å². The molecule has 6 heteroatoms. The van der Waals surface area contributed by atoms with Crippen LogP contribution in [0.5, 0.6) is 0 Å². The van der Waals surface area contributed by atoms with E-state index in [0.29, 0.717) is 19.4 Å². The van der Waals surface area contributed by atoms with Crippen LogP contribution >= 0.6 is 0 Å². The molecule has 108 valence electrons. The second-order valence-corrected chi connectivity index (χ2v) is 5.82. The summed E-state index contributed by atoms with van der Waals surface area (Å²) in [5, 5.41) is 14.7. The van der Waals surface area contributed by atoms with Gasteiger partial charge in [-0.2, -0.15) is 0 Å². The summed E-state index contributed by atoms with van der Waals surface area (Å²) in [4.78, 5) is 22.8. The Kier molecular flexibility index (Phi) is 3.99. The van der Waals surface area contributed by atoms with Crippen LogP contribution in [0.15, 0.2) is 0 Å². The predicted octanol–water partition coefficient (Wildman–Crippen LogP) is 1.11. The molecule has 2 aliphatic rings. The van der Waals surface area contributed by atoms with E-state index in [1.54, 1.807) is 0 Å². The number of ether oxygens (including phenoxy) is 1. The topological polar surface area (TPSA) is 87.7 Å². The number of urea groups is 1. The molecule has 6 nitrogen and oxygen atoms in total. The third-order valence-electron chi connectivity index (χ3n) is 4.40. The Labute approximate surface area is 112 Å². The van der Waals surface area contributed by atoms with Gasteiger partial charge in [-0.3, -0.25) is 4.79 Å². The van der Waals surface area contributed by atoms with Crippen LogP contribution < -0.4 is 10.6 Å². The highest BCUT2D eigenvalue weighted by Gasteiger charge is 2.39. The highest BCUT2D eigenvalue weighted by atomic mass is 16.5. The molecule has 1 heterocycles. The van der Waals surface area contributed by atoms with E-state index in [1.807, 2.05) is 13.8 Å². The average molecular weight is 270 g/mol. The van der Waals surface area contributed by atoms with Crippen molar-refractivity contribution in [3.63, 3.8) is 0 Å². The number of hydrogen-bond acceptors (Lipinski definition) is 3. The fourth-order valence-electron chi connectivity index (χ4n) is 2.82. The number of carbonyl (C=O) groups is 2. The number of carboxylic acid groups (broad SMARTS) is 1. The van der Waals surface area contributed by atoms with E-state index in [9.17, 15) is 9.59 Å². The zero-order chi connectivity index (χ0) is 14.0. The van der Waals surface area contributed by atoms with Crippen molar-refractivity contribution >= 4 is 12.0 Å². The van der Waals surface area contributed by atoms with Gasteiger partial charge in [0.2, 0.25) is 0 Å². The Hall–Kier alpha value is -1.30. The molecule has 4 unspecified atom stereocenters. The van der Waals surface area contributed by atoms with E-state index in [1.165, 1.54) is 0 Å². The first-order chi connectivity index (χ1) is 8.90. The highest BCUT2D eigenvalue weighted by Crippen LogP contribution is 2.27. The second kappa shape index (κ2) is 5.36. The number of carboxylic acids is 1. The summed E-state index contributed by atoms with van der Waals surface area (Å²) < 4.78 is 5.47. The van der Waals surface area contributed by atoms with Gasteiger partial charge in [0.15, 0.2) is 0 Å². The minimum atomic E-state index is -0.769. The van der Waals surface area contributed by atoms with Crippen LogP contribution in [0.4, 0.5) is 4.79 Å². The summed E-state index contributed by atoms with van der Waals surface area (Å²) in [6, 6.07) is -0.266. The number of carbonyl (C=O) groups excluding carboxylic acids is 1. The van der Waals surface area contributed by atoms with Crippen molar-refractivity contribution in [3.05, 3.63) is 0 Å². The minimum absolute atomic E-state index is 0.00593. The number of hydrogen-bond donors (Lipinski definition) is 3. The van der Waals surface area contributed by atoms with Crippen LogP contribution in [0, 0.1) is 5.92 Å². The summed E-state index contributed by atoms with van der Waals surface area (Å²) in [5.74, 6) is -1.09. The van der Waals surface area contributed by atoms with E-state index in [-0.39, 0.29) is 29.6 Å². The van der Waals surface area contributed by atoms with Crippen LogP contribution in [-0.4, -0.2) is 41.4 Å². The lowest BCUT2D eigenvalue weighted by molar-refractivity contribution is -0.141. The fourth-order valence-corrected chi connectivity index (χ4v) is 2.82. The van der Waals surface area contributed by atoms with Crippen LogP contribution in [-0.2, 0) is 9.53 Å². The van der Waals surface area contributed by atoms with Crippen molar-refractivity contribution in [1.29, 1.82) is 0 Å². The van der Waals surface area contributed by atoms with Crippen molar-refractivity contribution in [3.8, 4) is 0 Å². The zero-order valence-corrected chi connectivity index (χ0v) is 11.4. The van der Waals surface area contributed by atoms with Crippen LogP contribution in [0.25, 0.3) is 0 Å². The Morgan fingerprint density at radius 3 is 2.63 bits per heavy atom. The van der Waals surface area contributed by atoms with E-state index < -0.39 is 5.97 Å². The summed E-state index contributed by atoms with van der Waals surface area (Å²) in [6.45, 7) is 4.57. The third-order valence-corrected chi connectivity index (χ3v) is 4.40. The molecular weight excluding hydrogens is 248 g/mol. The molecule has 3 N–H and O–H groups in total. The lowest BCUT2D eigenvalue weighted by atomic mass is 9.95. The fraction of sp³-hybridized carbons (Fsp3) is 0.846. The molecule has 0 bridgehead atoms. The molecule has 1 saturated heterocycles. The largest absolute Gasteiger partial charge is 0.481 e. The monoisotopic (exact) mass is 270 g/mol. The molecule has 0 spiro atoms. The SMILES string of the molecule is CC1OCCC1(C)NC(=O)NC1CCC(C(=O)O)C1. The molecule has 2 amide bonds. The van der Waals surface area contributed by atoms with Gasteiger partial charge in [0, 0.05) is 12.6 Å². The molecule has 1 aliphatic carbocycles. The van der Waals surface area contributed by atoms with Gasteiger partial charge in [0.25, 0.3) is 0 Å². The van der Waals surface area contributed by atoms with Gasteiger partial charge in [0.1, 0.15) is 0 Å². The van der Waals surface area contributed by atoms with Crippen LogP contribution in [0.2, 0.25) is 0 Å².